The summed E-state index contributed by atoms with van der Waals surface area (Å²) in [4.78, 5) is 12.2. The molecule has 0 saturated carbocycles. The van der Waals surface area contributed by atoms with Crippen LogP contribution in [0.4, 0.5) is 11.4 Å². The summed E-state index contributed by atoms with van der Waals surface area (Å²) in [6.45, 7) is 10.5. The third-order valence-electron chi connectivity index (χ3n) is 3.20. The number of hydrogen-bond donors (Lipinski definition) is 3. The average Bonchev–Trinajstić information content (AvgIpc) is 2.40. The molecule has 0 unspecified atom stereocenters. The first-order chi connectivity index (χ1) is 10.9. The molecule has 24 heavy (non-hydrogen) atoms. The molecule has 0 spiro atoms. The summed E-state index contributed by atoms with van der Waals surface area (Å²) < 4.78 is 0. The van der Waals surface area contributed by atoms with Gasteiger partial charge in [0.25, 0.3) is 5.91 Å². The van der Waals surface area contributed by atoms with Crippen molar-refractivity contribution in [3.8, 4) is 6.07 Å². The number of hydrogen-bond acceptors (Lipinski definition) is 4. The van der Waals surface area contributed by atoms with E-state index in [2.05, 4.69) is 31.4 Å². The summed E-state index contributed by atoms with van der Waals surface area (Å²) in [5, 5.41) is 15.4. The third-order valence-corrected chi connectivity index (χ3v) is 3.53. The summed E-state index contributed by atoms with van der Waals surface area (Å²) >= 11 is 5.92. The van der Waals surface area contributed by atoms with Crippen LogP contribution >= 0.6 is 11.6 Å². The molecule has 0 heterocycles. The van der Waals surface area contributed by atoms with Gasteiger partial charge < -0.3 is 16.4 Å². The predicted octanol–water partition coefficient (Wildman–Crippen LogP) is 4.07. The molecule has 0 fully saturated rings. The lowest BCUT2D eigenvalue weighted by Gasteiger charge is -2.33. The molecular formula is C18H25ClN4O. The maximum atomic E-state index is 12.2. The van der Waals surface area contributed by atoms with E-state index in [-0.39, 0.29) is 16.5 Å². The van der Waals surface area contributed by atoms with Gasteiger partial charge in [-0.1, -0.05) is 32.4 Å². The van der Waals surface area contributed by atoms with Gasteiger partial charge in [0.05, 0.1) is 10.7 Å². The lowest BCUT2D eigenvalue weighted by Crippen LogP contribution is -2.39. The molecule has 0 aromatic heterocycles. The number of carbonyl (C=O) groups excluding carboxylic acids is 1. The topological polar surface area (TPSA) is 90.9 Å². The van der Waals surface area contributed by atoms with Gasteiger partial charge in [-0.25, -0.2) is 0 Å². The maximum absolute atomic E-state index is 12.2. The van der Waals surface area contributed by atoms with Gasteiger partial charge in [0.15, 0.2) is 0 Å². The van der Waals surface area contributed by atoms with E-state index in [0.717, 1.165) is 6.42 Å². The average molecular weight is 349 g/mol. The number of carbonyl (C=O) groups is 1. The van der Waals surface area contributed by atoms with E-state index in [1.807, 2.05) is 19.9 Å². The smallest absolute Gasteiger partial charge is 0.267 e. The lowest BCUT2D eigenvalue weighted by atomic mass is 9.82. The second-order valence-corrected chi connectivity index (χ2v) is 8.03. The van der Waals surface area contributed by atoms with Crippen LogP contribution in [0.3, 0.4) is 0 Å². The first-order valence-electron chi connectivity index (χ1n) is 7.68. The van der Waals surface area contributed by atoms with Crippen molar-refractivity contribution in [3.05, 3.63) is 35.0 Å². The molecule has 5 nitrogen and oxygen atoms in total. The Bertz CT molecular complexity index is 681. The molecule has 130 valence electrons. The van der Waals surface area contributed by atoms with Gasteiger partial charge in [-0.2, -0.15) is 5.26 Å². The Hall–Kier alpha value is -2.19. The van der Waals surface area contributed by atoms with Crippen molar-refractivity contribution in [2.45, 2.75) is 46.6 Å². The Morgan fingerprint density at radius 1 is 1.33 bits per heavy atom. The highest BCUT2D eigenvalue weighted by Crippen LogP contribution is 2.27. The van der Waals surface area contributed by atoms with Gasteiger partial charge in [0, 0.05) is 17.4 Å². The fourth-order valence-electron chi connectivity index (χ4n) is 2.60. The molecule has 1 amide bonds. The number of anilines is 2. The number of rotatable bonds is 5. The van der Waals surface area contributed by atoms with Crippen LogP contribution in [0.5, 0.6) is 0 Å². The fourth-order valence-corrected chi connectivity index (χ4v) is 2.78. The molecule has 0 radical (unpaired) electrons. The summed E-state index contributed by atoms with van der Waals surface area (Å²) in [6.07, 6.45) is 2.34. The van der Waals surface area contributed by atoms with Gasteiger partial charge in [-0.3, -0.25) is 4.79 Å². The largest absolute Gasteiger partial charge is 0.398 e. The number of nitrogens with zero attached hydrogens (tertiary/aromatic N) is 1. The lowest BCUT2D eigenvalue weighted by molar-refractivity contribution is -0.112. The number of nitrogens with two attached hydrogens (primary N) is 1. The summed E-state index contributed by atoms with van der Waals surface area (Å²) in [6, 6.07) is 6.68. The minimum atomic E-state index is -0.502. The number of nitriles is 1. The van der Waals surface area contributed by atoms with E-state index in [1.54, 1.807) is 18.2 Å². The highest BCUT2D eigenvalue weighted by molar-refractivity contribution is 6.33. The van der Waals surface area contributed by atoms with Crippen molar-refractivity contribution in [2.24, 2.45) is 5.41 Å². The van der Waals surface area contributed by atoms with E-state index in [1.165, 1.54) is 6.20 Å². The summed E-state index contributed by atoms with van der Waals surface area (Å²) in [7, 11) is 0. The molecule has 0 atom stereocenters. The monoisotopic (exact) mass is 348 g/mol. The zero-order valence-electron chi connectivity index (χ0n) is 14.8. The van der Waals surface area contributed by atoms with Crippen LogP contribution in [0.25, 0.3) is 0 Å². The SMILES string of the molecule is CC(C)(C)CC(C)(C)N/C=C(/C#N)C(=O)Nc1ccc(N)c(Cl)c1. The van der Waals surface area contributed by atoms with Crippen LogP contribution in [0.1, 0.15) is 41.0 Å². The molecule has 1 rings (SSSR count). The van der Waals surface area contributed by atoms with Crippen molar-refractivity contribution in [3.63, 3.8) is 0 Å². The van der Waals surface area contributed by atoms with E-state index in [9.17, 15) is 10.1 Å². The molecule has 6 heteroatoms. The van der Waals surface area contributed by atoms with Gasteiger partial charge >= 0.3 is 0 Å². The van der Waals surface area contributed by atoms with Crippen molar-refractivity contribution in [2.75, 3.05) is 11.1 Å². The second-order valence-electron chi connectivity index (χ2n) is 7.63. The predicted molar refractivity (Wildman–Crippen MR) is 99.5 cm³/mol. The highest BCUT2D eigenvalue weighted by Gasteiger charge is 2.24. The number of nitrogens with one attached hydrogen (secondary N) is 2. The summed E-state index contributed by atoms with van der Waals surface area (Å²) in [5.74, 6) is -0.502. The molecular weight excluding hydrogens is 324 g/mol. The van der Waals surface area contributed by atoms with E-state index in [0.29, 0.717) is 16.4 Å². The van der Waals surface area contributed by atoms with Gasteiger partial charge in [0.2, 0.25) is 0 Å². The highest BCUT2D eigenvalue weighted by atomic mass is 35.5. The molecule has 0 bridgehead atoms. The number of nitrogen functional groups attached to an aromatic ring is 1. The van der Waals surface area contributed by atoms with Crippen molar-refractivity contribution in [1.82, 2.24) is 5.32 Å². The third kappa shape index (κ3) is 6.51. The molecule has 1 aromatic carbocycles. The van der Waals surface area contributed by atoms with Gasteiger partial charge in [-0.15, -0.1) is 0 Å². The zero-order valence-corrected chi connectivity index (χ0v) is 15.6. The first-order valence-corrected chi connectivity index (χ1v) is 8.06. The minimum absolute atomic E-state index is 0.00932. The molecule has 0 aliphatic rings. The molecule has 1 aromatic rings. The van der Waals surface area contributed by atoms with Crippen molar-refractivity contribution < 1.29 is 4.79 Å². The van der Waals surface area contributed by atoms with Crippen LogP contribution in [-0.2, 0) is 4.79 Å². The van der Waals surface area contributed by atoms with E-state index < -0.39 is 5.91 Å². The number of benzene rings is 1. The first kappa shape index (κ1) is 19.9. The molecule has 0 aliphatic heterocycles. The Morgan fingerprint density at radius 2 is 1.96 bits per heavy atom. The van der Waals surface area contributed by atoms with Gasteiger partial charge in [0.1, 0.15) is 11.6 Å². The Morgan fingerprint density at radius 3 is 2.46 bits per heavy atom. The second kappa shape index (κ2) is 7.59. The summed E-state index contributed by atoms with van der Waals surface area (Å²) in [5.41, 5.74) is 6.41. The number of halogens is 1. The zero-order chi connectivity index (χ0) is 18.5. The molecule has 4 N–H and O–H groups in total. The standard InChI is InChI=1S/C18H25ClN4O/c1-17(2,3)11-18(4,5)22-10-12(9-20)16(24)23-13-6-7-15(21)14(19)8-13/h6-8,10,22H,11,21H2,1-5H3,(H,23,24)/b12-10-. The van der Waals surface area contributed by atoms with Crippen LogP contribution in [0.15, 0.2) is 30.0 Å². The maximum Gasteiger partial charge on any atom is 0.267 e. The molecule has 0 aliphatic carbocycles. The van der Waals surface area contributed by atoms with Crippen molar-refractivity contribution in [1.29, 1.82) is 5.26 Å². The number of amides is 1. The van der Waals surface area contributed by atoms with E-state index in [4.69, 9.17) is 17.3 Å². The van der Waals surface area contributed by atoms with Crippen LogP contribution in [0.2, 0.25) is 5.02 Å². The van der Waals surface area contributed by atoms with Gasteiger partial charge in [-0.05, 0) is 43.9 Å². The Labute approximate surface area is 148 Å². The molecule has 0 saturated heterocycles. The van der Waals surface area contributed by atoms with Crippen molar-refractivity contribution >= 4 is 28.9 Å². The van der Waals surface area contributed by atoms with Crippen LogP contribution in [0, 0.1) is 16.7 Å². The quantitative estimate of drug-likeness (QED) is 0.425. The minimum Gasteiger partial charge on any atom is -0.398 e. The Balaban J connectivity index is 2.83. The fraction of sp³-hybridized carbons (Fsp3) is 0.444. The normalized spacial score (nSPS) is 12.5. The van der Waals surface area contributed by atoms with E-state index >= 15 is 0 Å². The Kier molecular flexibility index (Phi) is 6.28. The van der Waals surface area contributed by atoms with Crippen LogP contribution < -0.4 is 16.4 Å². The van der Waals surface area contributed by atoms with Crippen LogP contribution in [-0.4, -0.2) is 11.4 Å².